The minimum atomic E-state index is -0.716. The van der Waals surface area contributed by atoms with Crippen molar-refractivity contribution in [3.8, 4) is 0 Å². The molecule has 1 aliphatic carbocycles. The van der Waals surface area contributed by atoms with Crippen LogP contribution in [0.5, 0.6) is 0 Å². The number of nitrogens with two attached hydrogens (primary N) is 1. The highest BCUT2D eigenvalue weighted by Gasteiger charge is 2.24. The number of amides is 1. The zero-order valence-electron chi connectivity index (χ0n) is 10.4. The van der Waals surface area contributed by atoms with E-state index in [1.54, 1.807) is 24.3 Å². The number of benzene rings is 1. The van der Waals surface area contributed by atoms with Crippen LogP contribution in [-0.2, 0) is 4.79 Å². The van der Waals surface area contributed by atoms with Crippen LogP contribution < -0.4 is 11.1 Å². The van der Waals surface area contributed by atoms with Crippen molar-refractivity contribution in [2.45, 2.75) is 37.6 Å². The molecule has 0 saturated heterocycles. The van der Waals surface area contributed by atoms with Crippen molar-refractivity contribution in [3.05, 3.63) is 29.8 Å². The smallest absolute Gasteiger partial charge is 0.230 e. The van der Waals surface area contributed by atoms with E-state index < -0.39 is 12.6 Å². The van der Waals surface area contributed by atoms with E-state index in [-0.39, 0.29) is 11.9 Å². The standard InChI is InChI=1S/C14H19FN2O/c15-9-13(10-5-7-11(16)8-6-10)14(18)17-12-3-1-2-4-12/h5-8,12-13H,1-4,9,16H2,(H,17,18). The van der Waals surface area contributed by atoms with Crippen molar-refractivity contribution >= 4 is 11.6 Å². The first-order valence-electron chi connectivity index (χ1n) is 6.42. The predicted octanol–water partition coefficient (Wildman–Crippen LogP) is 2.38. The van der Waals surface area contributed by atoms with Gasteiger partial charge in [-0.2, -0.15) is 0 Å². The average molecular weight is 250 g/mol. The van der Waals surface area contributed by atoms with Gasteiger partial charge in [0.15, 0.2) is 0 Å². The van der Waals surface area contributed by atoms with Crippen LogP contribution in [-0.4, -0.2) is 18.6 Å². The minimum Gasteiger partial charge on any atom is -0.399 e. The summed E-state index contributed by atoms with van der Waals surface area (Å²) in [5.41, 5.74) is 6.88. The number of nitrogen functional groups attached to an aromatic ring is 1. The number of hydrogen-bond donors (Lipinski definition) is 2. The van der Waals surface area contributed by atoms with Crippen LogP contribution in [0.4, 0.5) is 10.1 Å². The molecule has 1 aromatic rings. The number of carbonyl (C=O) groups is 1. The summed E-state index contributed by atoms with van der Waals surface area (Å²) in [6, 6.07) is 7.05. The second-order valence-corrected chi connectivity index (χ2v) is 4.86. The Hall–Kier alpha value is -1.58. The molecule has 0 heterocycles. The Kier molecular flexibility index (Phi) is 4.18. The maximum absolute atomic E-state index is 13.1. The fourth-order valence-corrected chi connectivity index (χ4v) is 2.41. The van der Waals surface area contributed by atoms with Crippen LogP contribution in [0.3, 0.4) is 0 Å². The van der Waals surface area contributed by atoms with E-state index in [9.17, 15) is 9.18 Å². The van der Waals surface area contributed by atoms with E-state index in [2.05, 4.69) is 5.32 Å². The first kappa shape index (κ1) is 12.9. The lowest BCUT2D eigenvalue weighted by Gasteiger charge is -2.18. The van der Waals surface area contributed by atoms with Crippen LogP contribution in [0.25, 0.3) is 0 Å². The van der Waals surface area contributed by atoms with Gasteiger partial charge in [0.25, 0.3) is 0 Å². The molecule has 0 bridgehead atoms. The molecule has 1 saturated carbocycles. The zero-order chi connectivity index (χ0) is 13.0. The molecule has 18 heavy (non-hydrogen) atoms. The number of alkyl halides is 1. The first-order valence-corrected chi connectivity index (χ1v) is 6.42. The molecule has 0 aliphatic heterocycles. The van der Waals surface area contributed by atoms with E-state index in [1.165, 1.54) is 0 Å². The van der Waals surface area contributed by atoms with Gasteiger partial charge in [-0.3, -0.25) is 4.79 Å². The summed E-state index contributed by atoms with van der Waals surface area (Å²) in [6.45, 7) is -0.678. The second kappa shape index (κ2) is 5.85. The van der Waals surface area contributed by atoms with Crippen LogP contribution in [0.15, 0.2) is 24.3 Å². The molecule has 1 atom stereocenters. The maximum Gasteiger partial charge on any atom is 0.230 e. The minimum absolute atomic E-state index is 0.214. The van der Waals surface area contributed by atoms with Crippen molar-refractivity contribution in [1.82, 2.24) is 5.32 Å². The van der Waals surface area contributed by atoms with Gasteiger partial charge < -0.3 is 11.1 Å². The van der Waals surface area contributed by atoms with Crippen LogP contribution in [0, 0.1) is 0 Å². The third kappa shape index (κ3) is 3.00. The van der Waals surface area contributed by atoms with Gasteiger partial charge in [0.2, 0.25) is 5.91 Å². The van der Waals surface area contributed by atoms with Crippen molar-refractivity contribution < 1.29 is 9.18 Å². The number of hydrogen-bond acceptors (Lipinski definition) is 2. The van der Waals surface area contributed by atoms with E-state index in [1.807, 2.05) is 0 Å². The summed E-state index contributed by atoms with van der Waals surface area (Å²) in [5.74, 6) is -0.930. The number of halogens is 1. The van der Waals surface area contributed by atoms with Gasteiger partial charge in [-0.15, -0.1) is 0 Å². The quantitative estimate of drug-likeness (QED) is 0.806. The SMILES string of the molecule is Nc1ccc(C(CF)C(=O)NC2CCCC2)cc1. The normalized spacial score (nSPS) is 17.6. The topological polar surface area (TPSA) is 55.1 Å². The summed E-state index contributed by atoms with van der Waals surface area (Å²) < 4.78 is 13.1. The molecule has 1 amide bonds. The van der Waals surface area contributed by atoms with Gasteiger partial charge >= 0.3 is 0 Å². The molecule has 2 rings (SSSR count). The predicted molar refractivity (Wildman–Crippen MR) is 70.0 cm³/mol. The Bertz CT molecular complexity index is 399. The van der Waals surface area contributed by atoms with Crippen molar-refractivity contribution in [2.75, 3.05) is 12.4 Å². The largest absolute Gasteiger partial charge is 0.399 e. The lowest BCUT2D eigenvalue weighted by molar-refractivity contribution is -0.123. The molecule has 4 heteroatoms. The third-order valence-corrected chi connectivity index (χ3v) is 3.51. The number of anilines is 1. The first-order chi connectivity index (χ1) is 8.70. The van der Waals surface area contributed by atoms with Gasteiger partial charge in [-0.1, -0.05) is 25.0 Å². The van der Waals surface area contributed by atoms with Crippen LogP contribution in [0.1, 0.15) is 37.2 Å². The Morgan fingerprint density at radius 1 is 1.33 bits per heavy atom. The summed E-state index contributed by atoms with van der Waals surface area (Å²) in [6.07, 6.45) is 4.30. The molecule has 98 valence electrons. The fourth-order valence-electron chi connectivity index (χ4n) is 2.41. The lowest BCUT2D eigenvalue weighted by atomic mass is 9.99. The summed E-state index contributed by atoms with van der Waals surface area (Å²) in [4.78, 5) is 12.0. The molecule has 0 spiro atoms. The number of nitrogens with one attached hydrogen (secondary N) is 1. The molecule has 0 aromatic heterocycles. The summed E-state index contributed by atoms with van der Waals surface area (Å²) in [7, 11) is 0. The molecule has 1 unspecified atom stereocenters. The summed E-state index contributed by atoms with van der Waals surface area (Å²) >= 11 is 0. The van der Waals surface area contributed by atoms with Crippen molar-refractivity contribution in [2.24, 2.45) is 0 Å². The van der Waals surface area contributed by atoms with E-state index in [4.69, 9.17) is 5.73 Å². The molecule has 3 nitrogen and oxygen atoms in total. The molecular weight excluding hydrogens is 231 g/mol. The Balaban J connectivity index is 2.02. The molecule has 1 fully saturated rings. The lowest BCUT2D eigenvalue weighted by Crippen LogP contribution is -2.37. The second-order valence-electron chi connectivity index (χ2n) is 4.86. The van der Waals surface area contributed by atoms with E-state index in [0.29, 0.717) is 11.3 Å². The van der Waals surface area contributed by atoms with Gasteiger partial charge in [0, 0.05) is 11.7 Å². The van der Waals surface area contributed by atoms with Gasteiger partial charge in [-0.05, 0) is 30.5 Å². The van der Waals surface area contributed by atoms with Crippen LogP contribution in [0.2, 0.25) is 0 Å². The van der Waals surface area contributed by atoms with Crippen molar-refractivity contribution in [3.63, 3.8) is 0 Å². The highest BCUT2D eigenvalue weighted by Crippen LogP contribution is 2.22. The molecule has 0 radical (unpaired) electrons. The molecular formula is C14H19FN2O. The summed E-state index contributed by atoms with van der Waals surface area (Å²) in [5, 5.41) is 2.93. The van der Waals surface area contributed by atoms with Crippen molar-refractivity contribution in [1.29, 1.82) is 0 Å². The highest BCUT2D eigenvalue weighted by atomic mass is 19.1. The third-order valence-electron chi connectivity index (χ3n) is 3.51. The van der Waals surface area contributed by atoms with Gasteiger partial charge in [-0.25, -0.2) is 4.39 Å². The number of rotatable bonds is 4. The zero-order valence-corrected chi connectivity index (χ0v) is 10.4. The Morgan fingerprint density at radius 3 is 2.50 bits per heavy atom. The Morgan fingerprint density at radius 2 is 1.94 bits per heavy atom. The van der Waals surface area contributed by atoms with Crippen LogP contribution >= 0.6 is 0 Å². The monoisotopic (exact) mass is 250 g/mol. The average Bonchev–Trinajstić information content (AvgIpc) is 2.85. The number of carbonyl (C=O) groups excluding carboxylic acids is 1. The molecule has 1 aliphatic rings. The maximum atomic E-state index is 13.1. The highest BCUT2D eigenvalue weighted by molar-refractivity contribution is 5.84. The molecule has 1 aromatic carbocycles. The van der Waals surface area contributed by atoms with Gasteiger partial charge in [0.1, 0.15) is 6.67 Å². The molecule has 3 N–H and O–H groups in total. The van der Waals surface area contributed by atoms with Gasteiger partial charge in [0.05, 0.1) is 5.92 Å². The van der Waals surface area contributed by atoms with E-state index in [0.717, 1.165) is 25.7 Å². The Labute approximate surface area is 107 Å². The fraction of sp³-hybridized carbons (Fsp3) is 0.500. The van der Waals surface area contributed by atoms with E-state index >= 15 is 0 Å².